The molecule has 118 valence electrons. The van der Waals surface area contributed by atoms with Gasteiger partial charge >= 0.3 is 0 Å². The van der Waals surface area contributed by atoms with E-state index in [2.05, 4.69) is 84.1 Å². The smallest absolute Gasteiger partial charge is 0.0845 e. The lowest BCUT2D eigenvalue weighted by molar-refractivity contribution is 0.663. The first-order valence-corrected chi connectivity index (χ1v) is 9.51. The molecule has 0 fully saturated rings. The molecule has 0 amide bonds. The van der Waals surface area contributed by atoms with Gasteiger partial charge in [-0.3, -0.25) is 4.98 Å². The van der Waals surface area contributed by atoms with Gasteiger partial charge in [-0.15, -0.1) is 0 Å². The minimum absolute atomic E-state index is 1.07. The molecule has 0 saturated carbocycles. The number of aryl methyl sites for hydroxylation is 1. The molecule has 1 aromatic heterocycles. The maximum absolute atomic E-state index is 5.06. The Kier molecular flexibility index (Phi) is 5.65. The number of hydrogen-bond donors (Lipinski definition) is 0. The molecule has 2 heteroatoms. The lowest BCUT2D eigenvalue weighted by Gasteiger charge is -2.13. The van der Waals surface area contributed by atoms with E-state index in [4.69, 9.17) is 4.98 Å². The van der Waals surface area contributed by atoms with Gasteiger partial charge in [-0.05, 0) is 40.8 Å². The fourth-order valence-corrected chi connectivity index (χ4v) is 3.90. The molecule has 3 aromatic rings. The van der Waals surface area contributed by atoms with Gasteiger partial charge in [0.15, 0.2) is 0 Å². The summed E-state index contributed by atoms with van der Waals surface area (Å²) >= 11 is 2.45. The zero-order valence-electron chi connectivity index (χ0n) is 13.6. The first kappa shape index (κ1) is 16.4. The Hall–Kier alpha value is -1.42. The second-order valence-electron chi connectivity index (χ2n) is 5.94. The molecule has 0 atom stereocenters. The Labute approximate surface area is 152 Å². The van der Waals surface area contributed by atoms with Crippen LogP contribution in [0.1, 0.15) is 38.3 Å². The molecule has 2 aromatic carbocycles. The molecule has 0 aliphatic heterocycles. The fourth-order valence-electron chi connectivity index (χ4n) is 3.00. The number of unbranched alkanes of at least 4 members (excludes halogenated alkanes) is 3. The zero-order chi connectivity index (χ0) is 16.1. The summed E-state index contributed by atoms with van der Waals surface area (Å²) in [5, 5.41) is 2.64. The number of fused-ring (bicyclic) bond motifs is 1. The SMILES string of the molecule is CCCCCCc1nc(-c2ccccc2)c(I)c2ccccc12. The summed E-state index contributed by atoms with van der Waals surface area (Å²) in [4.78, 5) is 5.06. The molecule has 0 aliphatic rings. The van der Waals surface area contributed by atoms with Crippen LogP contribution in [0.15, 0.2) is 54.6 Å². The van der Waals surface area contributed by atoms with Crippen molar-refractivity contribution in [3.8, 4) is 11.3 Å². The van der Waals surface area contributed by atoms with Crippen molar-refractivity contribution >= 4 is 33.4 Å². The summed E-state index contributed by atoms with van der Waals surface area (Å²) < 4.78 is 1.25. The summed E-state index contributed by atoms with van der Waals surface area (Å²) in [6, 6.07) is 19.2. The predicted molar refractivity (Wildman–Crippen MR) is 108 cm³/mol. The van der Waals surface area contributed by atoms with Crippen molar-refractivity contribution in [2.24, 2.45) is 0 Å². The van der Waals surface area contributed by atoms with Gasteiger partial charge in [0.25, 0.3) is 0 Å². The molecular formula is C21H22IN. The molecule has 1 heterocycles. The number of benzene rings is 2. The fraction of sp³-hybridized carbons (Fsp3) is 0.286. The van der Waals surface area contributed by atoms with E-state index in [-0.39, 0.29) is 0 Å². The van der Waals surface area contributed by atoms with Gasteiger partial charge in [0.05, 0.1) is 5.69 Å². The van der Waals surface area contributed by atoms with Gasteiger partial charge in [0.2, 0.25) is 0 Å². The van der Waals surface area contributed by atoms with Gasteiger partial charge in [-0.1, -0.05) is 80.8 Å². The first-order valence-electron chi connectivity index (χ1n) is 8.43. The summed E-state index contributed by atoms with van der Waals surface area (Å²) in [7, 11) is 0. The Morgan fingerprint density at radius 3 is 2.26 bits per heavy atom. The topological polar surface area (TPSA) is 12.9 Å². The molecular weight excluding hydrogens is 393 g/mol. The monoisotopic (exact) mass is 415 g/mol. The van der Waals surface area contributed by atoms with Crippen LogP contribution in [0.5, 0.6) is 0 Å². The third kappa shape index (κ3) is 3.74. The average Bonchev–Trinajstić information content (AvgIpc) is 2.61. The number of rotatable bonds is 6. The van der Waals surface area contributed by atoms with Gasteiger partial charge < -0.3 is 0 Å². The number of halogens is 1. The number of hydrogen-bond acceptors (Lipinski definition) is 1. The molecule has 0 spiro atoms. The lowest BCUT2D eigenvalue weighted by atomic mass is 10.0. The minimum atomic E-state index is 1.07. The second kappa shape index (κ2) is 7.91. The summed E-state index contributed by atoms with van der Waals surface area (Å²) in [6.45, 7) is 2.26. The Morgan fingerprint density at radius 2 is 1.52 bits per heavy atom. The highest BCUT2D eigenvalue weighted by Gasteiger charge is 2.13. The van der Waals surface area contributed by atoms with E-state index in [1.807, 2.05) is 0 Å². The van der Waals surface area contributed by atoms with Crippen molar-refractivity contribution in [1.29, 1.82) is 0 Å². The summed E-state index contributed by atoms with van der Waals surface area (Å²) in [6.07, 6.45) is 6.17. The van der Waals surface area contributed by atoms with E-state index >= 15 is 0 Å². The van der Waals surface area contributed by atoms with Crippen LogP contribution in [0.25, 0.3) is 22.0 Å². The van der Waals surface area contributed by atoms with Crippen molar-refractivity contribution in [2.45, 2.75) is 39.0 Å². The van der Waals surface area contributed by atoms with Crippen molar-refractivity contribution in [3.63, 3.8) is 0 Å². The third-order valence-corrected chi connectivity index (χ3v) is 5.34. The average molecular weight is 415 g/mol. The Morgan fingerprint density at radius 1 is 0.826 bits per heavy atom. The molecule has 0 saturated heterocycles. The standard InChI is InChI=1S/C21H22IN/c1-2-3-4-8-15-19-17-13-9-10-14-18(17)20(22)21(23-19)16-11-6-5-7-12-16/h5-7,9-14H,2-4,8,15H2,1H3. The Balaban J connectivity index is 2.05. The van der Waals surface area contributed by atoms with Crippen LogP contribution in [0.2, 0.25) is 0 Å². The van der Waals surface area contributed by atoms with Crippen LogP contribution in [0.4, 0.5) is 0 Å². The van der Waals surface area contributed by atoms with Gasteiger partial charge in [-0.25, -0.2) is 0 Å². The van der Waals surface area contributed by atoms with Gasteiger partial charge in [0, 0.05) is 20.2 Å². The number of pyridine rings is 1. The highest BCUT2D eigenvalue weighted by molar-refractivity contribution is 14.1. The largest absolute Gasteiger partial charge is 0.251 e. The lowest BCUT2D eigenvalue weighted by Crippen LogP contribution is -1.99. The summed E-state index contributed by atoms with van der Waals surface area (Å²) in [5.41, 5.74) is 3.57. The van der Waals surface area contributed by atoms with Crippen molar-refractivity contribution in [2.75, 3.05) is 0 Å². The van der Waals surface area contributed by atoms with E-state index in [1.54, 1.807) is 0 Å². The molecule has 0 unspecified atom stereocenters. The molecule has 1 nitrogen and oxygen atoms in total. The van der Waals surface area contributed by atoms with Crippen LogP contribution >= 0.6 is 22.6 Å². The zero-order valence-corrected chi connectivity index (χ0v) is 15.7. The van der Waals surface area contributed by atoms with Crippen molar-refractivity contribution in [3.05, 3.63) is 63.9 Å². The molecule has 0 radical (unpaired) electrons. The molecule has 0 N–H and O–H groups in total. The van der Waals surface area contributed by atoms with E-state index in [0.717, 1.165) is 12.1 Å². The van der Waals surface area contributed by atoms with E-state index in [9.17, 15) is 0 Å². The highest BCUT2D eigenvalue weighted by atomic mass is 127. The second-order valence-corrected chi connectivity index (χ2v) is 7.02. The van der Waals surface area contributed by atoms with E-state index in [1.165, 1.54) is 51.3 Å². The quantitative estimate of drug-likeness (QED) is 0.325. The van der Waals surface area contributed by atoms with Gasteiger partial charge in [0.1, 0.15) is 0 Å². The molecule has 23 heavy (non-hydrogen) atoms. The van der Waals surface area contributed by atoms with Crippen LogP contribution in [-0.2, 0) is 6.42 Å². The normalized spacial score (nSPS) is 11.0. The van der Waals surface area contributed by atoms with Crippen LogP contribution < -0.4 is 0 Å². The van der Waals surface area contributed by atoms with E-state index in [0.29, 0.717) is 0 Å². The van der Waals surface area contributed by atoms with Crippen LogP contribution in [0.3, 0.4) is 0 Å². The number of nitrogens with zero attached hydrogens (tertiary/aromatic N) is 1. The molecule has 3 rings (SSSR count). The third-order valence-electron chi connectivity index (χ3n) is 4.24. The Bertz CT molecular complexity index is 780. The van der Waals surface area contributed by atoms with Crippen molar-refractivity contribution < 1.29 is 0 Å². The van der Waals surface area contributed by atoms with Crippen LogP contribution in [0, 0.1) is 3.57 Å². The summed E-state index contributed by atoms with van der Waals surface area (Å²) in [5.74, 6) is 0. The number of aromatic nitrogens is 1. The predicted octanol–water partition coefficient (Wildman–Crippen LogP) is 6.63. The molecule has 0 bridgehead atoms. The highest BCUT2D eigenvalue weighted by Crippen LogP contribution is 2.32. The maximum atomic E-state index is 5.06. The minimum Gasteiger partial charge on any atom is -0.251 e. The first-order chi connectivity index (χ1) is 11.3. The van der Waals surface area contributed by atoms with Crippen molar-refractivity contribution in [1.82, 2.24) is 4.98 Å². The molecule has 0 aliphatic carbocycles. The van der Waals surface area contributed by atoms with Crippen LogP contribution in [-0.4, -0.2) is 4.98 Å². The van der Waals surface area contributed by atoms with E-state index < -0.39 is 0 Å². The maximum Gasteiger partial charge on any atom is 0.0845 e. The van der Waals surface area contributed by atoms with Gasteiger partial charge in [-0.2, -0.15) is 0 Å².